The molecule has 0 saturated carbocycles. The molecule has 1 heterocycles. The van der Waals surface area contributed by atoms with Crippen molar-refractivity contribution in [3.63, 3.8) is 0 Å². The summed E-state index contributed by atoms with van der Waals surface area (Å²) in [6.45, 7) is 5.79. The van der Waals surface area contributed by atoms with E-state index in [1.807, 2.05) is 44.4 Å². The van der Waals surface area contributed by atoms with E-state index in [9.17, 15) is 9.90 Å². The molecular formula is C16H19NO2S. The number of carboxylic acid groups (broad SMARTS) is 1. The summed E-state index contributed by atoms with van der Waals surface area (Å²) in [5.41, 5.74) is 4.24. The van der Waals surface area contributed by atoms with Crippen LogP contribution in [-0.4, -0.2) is 28.3 Å². The van der Waals surface area contributed by atoms with Gasteiger partial charge < -0.3 is 5.11 Å². The lowest BCUT2D eigenvalue weighted by Gasteiger charge is -2.31. The van der Waals surface area contributed by atoms with Gasteiger partial charge in [0.2, 0.25) is 0 Å². The zero-order valence-electron chi connectivity index (χ0n) is 12.2. The smallest absolute Gasteiger partial charge is 0.334 e. The number of carbonyl (C=O) groups is 1. The number of carboxylic acids is 1. The van der Waals surface area contributed by atoms with Gasteiger partial charge in [0.25, 0.3) is 0 Å². The van der Waals surface area contributed by atoms with Crippen LogP contribution in [0.25, 0.3) is 0 Å². The van der Waals surface area contributed by atoms with E-state index >= 15 is 0 Å². The highest BCUT2D eigenvalue weighted by Gasteiger charge is 2.36. The molecular weight excluding hydrogens is 270 g/mol. The number of rotatable bonds is 3. The number of aliphatic imine (C=N–C) groups is 1. The van der Waals surface area contributed by atoms with Crippen molar-refractivity contribution in [3.05, 3.63) is 46.7 Å². The first-order valence-electron chi connectivity index (χ1n) is 6.54. The predicted molar refractivity (Wildman–Crippen MR) is 84.7 cm³/mol. The van der Waals surface area contributed by atoms with E-state index in [2.05, 4.69) is 4.99 Å². The molecule has 2 rings (SSSR count). The number of hydrogen-bond donors (Lipinski definition) is 1. The lowest BCUT2D eigenvalue weighted by Crippen LogP contribution is -2.31. The molecule has 1 aromatic rings. The molecule has 0 bridgehead atoms. The summed E-state index contributed by atoms with van der Waals surface area (Å²) in [5, 5.41) is 9.63. The summed E-state index contributed by atoms with van der Waals surface area (Å²) in [4.78, 5) is 16.1. The Morgan fingerprint density at radius 2 is 1.80 bits per heavy atom. The number of hydrogen-bond acceptors (Lipinski definition) is 3. The van der Waals surface area contributed by atoms with Crippen LogP contribution in [0.5, 0.6) is 0 Å². The predicted octanol–water partition coefficient (Wildman–Crippen LogP) is 3.64. The van der Waals surface area contributed by atoms with Gasteiger partial charge in [-0.05, 0) is 32.6 Å². The first-order chi connectivity index (χ1) is 9.45. The van der Waals surface area contributed by atoms with Gasteiger partial charge in [0.15, 0.2) is 0 Å². The van der Waals surface area contributed by atoms with Crippen molar-refractivity contribution in [2.75, 3.05) is 6.26 Å². The fourth-order valence-electron chi connectivity index (χ4n) is 2.72. The molecule has 0 fully saturated rings. The molecule has 4 heteroatoms. The SMILES string of the molecule is CSC1C(C)=NC(C)=C(C(=O)O)C1c1ccc(C)cc1. The quantitative estimate of drug-likeness (QED) is 0.924. The van der Waals surface area contributed by atoms with Crippen molar-refractivity contribution < 1.29 is 9.90 Å². The van der Waals surface area contributed by atoms with E-state index in [4.69, 9.17) is 0 Å². The molecule has 20 heavy (non-hydrogen) atoms. The molecule has 0 spiro atoms. The Labute approximate surface area is 123 Å². The van der Waals surface area contributed by atoms with Gasteiger partial charge in [0.05, 0.1) is 10.8 Å². The van der Waals surface area contributed by atoms with Crippen LogP contribution in [0.15, 0.2) is 40.5 Å². The van der Waals surface area contributed by atoms with Gasteiger partial charge in [-0.15, -0.1) is 0 Å². The number of thioether (sulfide) groups is 1. The van der Waals surface area contributed by atoms with Crippen molar-refractivity contribution >= 4 is 23.4 Å². The summed E-state index contributed by atoms with van der Waals surface area (Å²) >= 11 is 1.66. The zero-order valence-corrected chi connectivity index (χ0v) is 13.0. The Kier molecular flexibility index (Phi) is 4.33. The maximum Gasteiger partial charge on any atom is 0.334 e. The van der Waals surface area contributed by atoms with Gasteiger partial charge in [-0.1, -0.05) is 29.8 Å². The van der Waals surface area contributed by atoms with Gasteiger partial charge in [0, 0.05) is 17.3 Å². The molecule has 0 aliphatic carbocycles. The number of aryl methyl sites for hydroxylation is 1. The topological polar surface area (TPSA) is 49.7 Å². The number of benzene rings is 1. The average Bonchev–Trinajstić information content (AvgIpc) is 2.38. The van der Waals surface area contributed by atoms with E-state index in [0.717, 1.165) is 11.3 Å². The minimum atomic E-state index is -0.872. The normalized spacial score (nSPS) is 22.7. The van der Waals surface area contributed by atoms with Crippen molar-refractivity contribution in [2.24, 2.45) is 4.99 Å². The van der Waals surface area contributed by atoms with E-state index < -0.39 is 5.97 Å². The van der Waals surface area contributed by atoms with Crippen LogP contribution >= 0.6 is 11.8 Å². The molecule has 1 N–H and O–H groups in total. The molecule has 0 aromatic heterocycles. The van der Waals surface area contributed by atoms with Crippen molar-refractivity contribution in [1.82, 2.24) is 0 Å². The standard InChI is InChI=1S/C16H19NO2S/c1-9-5-7-12(8-6-9)14-13(16(18)19)10(2)17-11(3)15(14)20-4/h5-8,14-15H,1-4H3,(H,18,19). The number of aliphatic carboxylic acids is 1. The average molecular weight is 289 g/mol. The summed E-state index contributed by atoms with van der Waals surface area (Å²) in [7, 11) is 0. The van der Waals surface area contributed by atoms with E-state index in [1.165, 1.54) is 5.56 Å². The van der Waals surface area contributed by atoms with Crippen LogP contribution in [0, 0.1) is 6.92 Å². The number of allylic oxidation sites excluding steroid dienone is 1. The van der Waals surface area contributed by atoms with E-state index in [-0.39, 0.29) is 11.2 Å². The molecule has 1 aromatic carbocycles. The highest BCUT2D eigenvalue weighted by Crippen LogP contribution is 2.39. The minimum Gasteiger partial charge on any atom is -0.478 e. The Morgan fingerprint density at radius 3 is 2.30 bits per heavy atom. The number of nitrogens with zero attached hydrogens (tertiary/aromatic N) is 1. The van der Waals surface area contributed by atoms with Crippen molar-refractivity contribution in [1.29, 1.82) is 0 Å². The second-order valence-electron chi connectivity index (χ2n) is 5.10. The minimum absolute atomic E-state index is 0.0764. The van der Waals surface area contributed by atoms with Crippen LogP contribution in [0.2, 0.25) is 0 Å². The Balaban J connectivity index is 2.58. The van der Waals surface area contributed by atoms with E-state index in [0.29, 0.717) is 11.3 Å². The van der Waals surface area contributed by atoms with Gasteiger partial charge in [-0.2, -0.15) is 11.8 Å². The lowest BCUT2D eigenvalue weighted by molar-refractivity contribution is -0.133. The molecule has 2 unspecified atom stereocenters. The molecule has 1 aliphatic rings. The fraction of sp³-hybridized carbons (Fsp3) is 0.375. The maximum absolute atomic E-state index is 11.6. The Hall–Kier alpha value is -1.55. The summed E-state index contributed by atoms with van der Waals surface area (Å²) in [5.74, 6) is -1.01. The maximum atomic E-state index is 11.6. The Morgan fingerprint density at radius 1 is 1.20 bits per heavy atom. The van der Waals surface area contributed by atoms with Crippen LogP contribution in [0.1, 0.15) is 30.9 Å². The van der Waals surface area contributed by atoms with Crippen LogP contribution in [0.3, 0.4) is 0 Å². The van der Waals surface area contributed by atoms with E-state index in [1.54, 1.807) is 18.7 Å². The molecule has 1 aliphatic heterocycles. The van der Waals surface area contributed by atoms with Crippen LogP contribution in [-0.2, 0) is 4.79 Å². The summed E-state index contributed by atoms with van der Waals surface area (Å²) in [6.07, 6.45) is 2.00. The fourth-order valence-corrected chi connectivity index (χ4v) is 3.67. The molecule has 0 radical (unpaired) electrons. The van der Waals surface area contributed by atoms with Crippen molar-refractivity contribution in [3.8, 4) is 0 Å². The second-order valence-corrected chi connectivity index (χ2v) is 6.08. The third kappa shape index (κ3) is 2.66. The second kappa shape index (κ2) is 5.83. The van der Waals surface area contributed by atoms with Gasteiger partial charge in [-0.3, -0.25) is 4.99 Å². The van der Waals surface area contributed by atoms with Crippen molar-refractivity contribution in [2.45, 2.75) is 31.9 Å². The van der Waals surface area contributed by atoms with Crippen LogP contribution < -0.4 is 0 Å². The largest absolute Gasteiger partial charge is 0.478 e. The highest BCUT2D eigenvalue weighted by atomic mass is 32.2. The third-order valence-corrected chi connectivity index (χ3v) is 4.80. The molecule has 2 atom stereocenters. The first-order valence-corrected chi connectivity index (χ1v) is 7.83. The summed E-state index contributed by atoms with van der Waals surface area (Å²) in [6, 6.07) is 8.11. The van der Waals surface area contributed by atoms with Gasteiger partial charge in [0.1, 0.15) is 0 Å². The zero-order chi connectivity index (χ0) is 14.9. The Bertz CT molecular complexity index is 587. The highest BCUT2D eigenvalue weighted by molar-refractivity contribution is 8.00. The van der Waals surface area contributed by atoms with Crippen LogP contribution in [0.4, 0.5) is 0 Å². The first kappa shape index (κ1) is 14.9. The monoisotopic (exact) mass is 289 g/mol. The molecule has 0 amide bonds. The molecule has 3 nitrogen and oxygen atoms in total. The summed E-state index contributed by atoms with van der Waals surface area (Å²) < 4.78 is 0. The molecule has 106 valence electrons. The molecule has 0 saturated heterocycles. The van der Waals surface area contributed by atoms with Gasteiger partial charge in [-0.25, -0.2) is 4.79 Å². The van der Waals surface area contributed by atoms with Gasteiger partial charge >= 0.3 is 5.97 Å². The third-order valence-electron chi connectivity index (χ3n) is 3.68. The lowest BCUT2D eigenvalue weighted by atomic mass is 9.83.